The second-order valence-electron chi connectivity index (χ2n) is 10.4. The number of nitrogens with zero attached hydrogens (tertiary/aromatic N) is 4. The molecule has 1 atom stereocenters. The van der Waals surface area contributed by atoms with Gasteiger partial charge in [-0.15, -0.1) is 0 Å². The molecule has 1 unspecified atom stereocenters. The molecule has 1 aromatic carbocycles. The van der Waals surface area contributed by atoms with E-state index in [9.17, 15) is 4.79 Å². The van der Waals surface area contributed by atoms with Gasteiger partial charge in [-0.3, -0.25) is 25.1 Å². The van der Waals surface area contributed by atoms with E-state index in [1.807, 2.05) is 60.6 Å². The Kier molecular flexibility index (Phi) is 10.3. The van der Waals surface area contributed by atoms with Gasteiger partial charge in [-0.2, -0.15) is 0 Å². The molecule has 1 amide bonds. The summed E-state index contributed by atoms with van der Waals surface area (Å²) in [5.41, 5.74) is 4.32. The molecule has 0 saturated carbocycles. The van der Waals surface area contributed by atoms with Gasteiger partial charge in [0.15, 0.2) is 0 Å². The minimum absolute atomic E-state index is 0.0693. The lowest BCUT2D eigenvalue weighted by Crippen LogP contribution is -2.36. The molecular formula is C33H34Cl2N6O2. The van der Waals surface area contributed by atoms with Crippen LogP contribution < -0.4 is 10.1 Å². The number of allylic oxidation sites excluding steroid dienone is 5. The standard InChI is InChI=1S/C33H34Cl2N6O2/c1-40(25-7-4-2-3-5-8-25)30(36)14-17-41(28-15-18-43-29-9-6-16-38-32(28)29)22-24-12-10-23(11-13-24)19-39-33(42)31-26(34)20-37-21-27(31)35/h2-7,9-13,16,20-21,28,36H,8,14-15,17-19,22H2,1H3,(H,39,42). The maximum atomic E-state index is 12.7. The molecule has 43 heavy (non-hydrogen) atoms. The Bertz CT molecular complexity index is 1530. The summed E-state index contributed by atoms with van der Waals surface area (Å²) in [4.78, 5) is 25.6. The summed E-state index contributed by atoms with van der Waals surface area (Å²) in [6, 6.07) is 12.1. The van der Waals surface area contributed by atoms with E-state index in [0.29, 0.717) is 38.5 Å². The molecule has 0 spiro atoms. The van der Waals surface area contributed by atoms with Crippen LogP contribution in [0.2, 0.25) is 10.0 Å². The predicted molar refractivity (Wildman–Crippen MR) is 170 cm³/mol. The monoisotopic (exact) mass is 616 g/mol. The van der Waals surface area contributed by atoms with E-state index in [1.165, 1.54) is 12.4 Å². The molecule has 3 heterocycles. The molecule has 0 saturated heterocycles. The Morgan fingerprint density at radius 1 is 1.09 bits per heavy atom. The Morgan fingerprint density at radius 2 is 1.86 bits per heavy atom. The lowest BCUT2D eigenvalue weighted by molar-refractivity contribution is 0.0951. The number of pyridine rings is 2. The maximum absolute atomic E-state index is 12.7. The molecule has 3 aromatic rings. The third kappa shape index (κ3) is 7.70. The average Bonchev–Trinajstić information content (AvgIpc) is 3.31. The summed E-state index contributed by atoms with van der Waals surface area (Å²) >= 11 is 12.3. The highest BCUT2D eigenvalue weighted by molar-refractivity contribution is 6.39. The fourth-order valence-electron chi connectivity index (χ4n) is 5.19. The molecule has 0 radical (unpaired) electrons. The van der Waals surface area contributed by atoms with Crippen LogP contribution >= 0.6 is 23.2 Å². The SMILES string of the molecule is CN(C(=N)CCN(Cc1ccc(CNC(=O)c2c(Cl)cncc2Cl)cc1)C1CCOc2cccnc21)C1=CC=CC=CC1. The van der Waals surface area contributed by atoms with Crippen molar-refractivity contribution in [3.8, 4) is 5.75 Å². The van der Waals surface area contributed by atoms with Gasteiger partial charge in [0, 0.05) is 70.2 Å². The number of fused-ring (bicyclic) bond motifs is 1. The third-order valence-electron chi connectivity index (χ3n) is 7.59. The number of hydrogen-bond donors (Lipinski definition) is 2. The number of halogens is 2. The number of carbonyl (C=O) groups is 1. The van der Waals surface area contributed by atoms with E-state index >= 15 is 0 Å². The van der Waals surface area contributed by atoms with Gasteiger partial charge in [0.2, 0.25) is 0 Å². The number of ether oxygens (including phenoxy) is 1. The summed E-state index contributed by atoms with van der Waals surface area (Å²) in [6.07, 6.45) is 17.0. The van der Waals surface area contributed by atoms with Crippen LogP contribution in [-0.2, 0) is 13.1 Å². The van der Waals surface area contributed by atoms with Crippen molar-refractivity contribution in [1.82, 2.24) is 25.1 Å². The van der Waals surface area contributed by atoms with E-state index in [4.69, 9.17) is 33.3 Å². The third-order valence-corrected chi connectivity index (χ3v) is 8.17. The van der Waals surface area contributed by atoms with Crippen LogP contribution in [-0.4, -0.2) is 51.7 Å². The van der Waals surface area contributed by atoms with Crippen LogP contribution in [0.1, 0.15) is 52.5 Å². The highest BCUT2D eigenvalue weighted by Gasteiger charge is 2.29. The normalized spacial score (nSPS) is 15.7. The smallest absolute Gasteiger partial charge is 0.254 e. The number of amidine groups is 1. The molecule has 1 aliphatic carbocycles. The Labute approximate surface area is 262 Å². The number of carbonyl (C=O) groups excluding carboxylic acids is 1. The van der Waals surface area contributed by atoms with Crippen molar-refractivity contribution < 1.29 is 9.53 Å². The van der Waals surface area contributed by atoms with Crippen molar-refractivity contribution in [1.29, 1.82) is 5.41 Å². The van der Waals surface area contributed by atoms with Gasteiger partial charge in [-0.05, 0) is 29.3 Å². The second kappa shape index (κ2) is 14.5. The summed E-state index contributed by atoms with van der Waals surface area (Å²) in [6.45, 7) is 2.32. The first-order chi connectivity index (χ1) is 20.9. The molecule has 1 aliphatic heterocycles. The quantitative estimate of drug-likeness (QED) is 0.193. The van der Waals surface area contributed by atoms with Crippen molar-refractivity contribution in [3.63, 3.8) is 0 Å². The van der Waals surface area contributed by atoms with Crippen LogP contribution in [0.5, 0.6) is 5.75 Å². The molecule has 2 N–H and O–H groups in total. The first-order valence-corrected chi connectivity index (χ1v) is 15.0. The molecule has 0 bridgehead atoms. The van der Waals surface area contributed by atoms with Crippen LogP contribution in [0.3, 0.4) is 0 Å². The number of amides is 1. The van der Waals surface area contributed by atoms with E-state index in [-0.39, 0.29) is 27.6 Å². The Morgan fingerprint density at radius 3 is 2.65 bits per heavy atom. The molecule has 2 aromatic heterocycles. The van der Waals surface area contributed by atoms with Crippen molar-refractivity contribution >= 4 is 34.9 Å². The topological polar surface area (TPSA) is 94.4 Å². The predicted octanol–water partition coefficient (Wildman–Crippen LogP) is 6.74. The number of rotatable bonds is 10. The van der Waals surface area contributed by atoms with Crippen molar-refractivity contribution in [3.05, 3.63) is 123 Å². The van der Waals surface area contributed by atoms with Crippen molar-refractivity contribution in [2.24, 2.45) is 0 Å². The van der Waals surface area contributed by atoms with E-state index < -0.39 is 0 Å². The van der Waals surface area contributed by atoms with Gasteiger partial charge in [0.1, 0.15) is 11.6 Å². The van der Waals surface area contributed by atoms with Crippen molar-refractivity contribution in [2.45, 2.75) is 38.4 Å². The zero-order valence-electron chi connectivity index (χ0n) is 24.0. The summed E-state index contributed by atoms with van der Waals surface area (Å²) in [5, 5.41) is 12.2. The second-order valence-corrected chi connectivity index (χ2v) is 11.2. The molecule has 0 fully saturated rings. The highest BCUT2D eigenvalue weighted by Crippen LogP contribution is 2.35. The van der Waals surface area contributed by atoms with Crippen molar-refractivity contribution in [2.75, 3.05) is 20.2 Å². The fraction of sp³-hybridized carbons (Fsp3) is 0.273. The molecule has 8 nitrogen and oxygen atoms in total. The molecule has 222 valence electrons. The first-order valence-electron chi connectivity index (χ1n) is 14.2. The zero-order chi connectivity index (χ0) is 30.2. The minimum Gasteiger partial charge on any atom is -0.492 e. The van der Waals surface area contributed by atoms with Gasteiger partial charge in [-0.1, -0.05) is 71.8 Å². The van der Waals surface area contributed by atoms with Gasteiger partial charge < -0.3 is 15.0 Å². The average molecular weight is 618 g/mol. The minimum atomic E-state index is -0.350. The molecular weight excluding hydrogens is 583 g/mol. The Balaban J connectivity index is 1.27. The molecule has 10 heteroatoms. The lowest BCUT2D eigenvalue weighted by Gasteiger charge is -2.35. The van der Waals surface area contributed by atoms with Gasteiger partial charge >= 0.3 is 0 Å². The van der Waals surface area contributed by atoms with E-state index in [0.717, 1.165) is 41.1 Å². The van der Waals surface area contributed by atoms with Crippen LogP contribution in [0, 0.1) is 5.41 Å². The highest BCUT2D eigenvalue weighted by atomic mass is 35.5. The summed E-state index contributed by atoms with van der Waals surface area (Å²) in [7, 11) is 1.96. The van der Waals surface area contributed by atoms with Crippen LogP contribution in [0.15, 0.2) is 91.1 Å². The number of aromatic nitrogens is 2. The fourth-order valence-corrected chi connectivity index (χ4v) is 5.73. The Hall–Kier alpha value is -3.98. The number of hydrogen-bond acceptors (Lipinski definition) is 6. The van der Waals surface area contributed by atoms with Gasteiger partial charge in [0.05, 0.1) is 34.0 Å². The lowest BCUT2D eigenvalue weighted by atomic mass is 10.0. The number of nitrogens with one attached hydrogen (secondary N) is 2. The zero-order valence-corrected chi connectivity index (χ0v) is 25.5. The summed E-state index contributed by atoms with van der Waals surface area (Å²) < 4.78 is 5.90. The molecule has 5 rings (SSSR count). The van der Waals surface area contributed by atoms with Crippen LogP contribution in [0.25, 0.3) is 0 Å². The largest absolute Gasteiger partial charge is 0.492 e. The van der Waals surface area contributed by atoms with Crippen LogP contribution in [0.4, 0.5) is 0 Å². The van der Waals surface area contributed by atoms with E-state index in [1.54, 1.807) is 0 Å². The first kappa shape index (κ1) is 30.5. The van der Waals surface area contributed by atoms with Gasteiger partial charge in [0.25, 0.3) is 5.91 Å². The number of benzene rings is 1. The maximum Gasteiger partial charge on any atom is 0.254 e. The summed E-state index contributed by atoms with van der Waals surface area (Å²) in [5.74, 6) is 1.03. The molecule has 2 aliphatic rings. The van der Waals surface area contributed by atoms with E-state index in [2.05, 4.69) is 44.5 Å². The van der Waals surface area contributed by atoms with Gasteiger partial charge in [-0.25, -0.2) is 0 Å².